The van der Waals surface area contributed by atoms with Crippen LogP contribution in [0.1, 0.15) is 62.6 Å². The maximum absolute atomic E-state index is 6.28. The molecule has 1 aliphatic rings. The first-order valence-electron chi connectivity index (χ1n) is 6.57. The van der Waals surface area contributed by atoms with Crippen molar-refractivity contribution < 1.29 is 0 Å². The molecule has 88 valence electrons. The van der Waals surface area contributed by atoms with Gasteiger partial charge in [0.25, 0.3) is 0 Å². The molecule has 0 saturated heterocycles. The molecule has 1 heteroatoms. The maximum atomic E-state index is 6.28. The van der Waals surface area contributed by atoms with Gasteiger partial charge in [-0.05, 0) is 35.8 Å². The van der Waals surface area contributed by atoms with E-state index >= 15 is 0 Å². The van der Waals surface area contributed by atoms with Gasteiger partial charge in [0.05, 0.1) is 0 Å². The molecule has 0 radical (unpaired) electrons. The van der Waals surface area contributed by atoms with Gasteiger partial charge in [-0.1, -0.05) is 51.0 Å². The molecule has 0 spiro atoms. The summed E-state index contributed by atoms with van der Waals surface area (Å²) < 4.78 is 0. The number of hydrogen-bond donors (Lipinski definition) is 1. The summed E-state index contributed by atoms with van der Waals surface area (Å²) >= 11 is 0. The van der Waals surface area contributed by atoms with E-state index in [9.17, 15) is 0 Å². The van der Waals surface area contributed by atoms with Crippen LogP contribution in [0.4, 0.5) is 0 Å². The number of rotatable bonds is 4. The van der Waals surface area contributed by atoms with E-state index in [4.69, 9.17) is 5.73 Å². The average Bonchev–Trinajstić information content (AvgIpc) is 2.25. The average molecular weight is 217 g/mol. The second kappa shape index (κ2) is 5.01. The smallest absolute Gasteiger partial charge is 0.0320 e. The van der Waals surface area contributed by atoms with Crippen LogP contribution in [0, 0.1) is 5.92 Å². The van der Waals surface area contributed by atoms with Crippen LogP contribution < -0.4 is 5.73 Å². The van der Waals surface area contributed by atoms with E-state index in [0.29, 0.717) is 5.92 Å². The van der Waals surface area contributed by atoms with Crippen molar-refractivity contribution in [1.82, 2.24) is 0 Å². The Hall–Kier alpha value is -0.820. The Balaban J connectivity index is 2.14. The minimum atomic E-state index is 0.199. The van der Waals surface area contributed by atoms with Gasteiger partial charge in [0.15, 0.2) is 0 Å². The van der Waals surface area contributed by atoms with Crippen molar-refractivity contribution in [3.05, 3.63) is 35.4 Å². The Morgan fingerprint density at radius 3 is 2.69 bits per heavy atom. The van der Waals surface area contributed by atoms with Crippen LogP contribution in [0.2, 0.25) is 0 Å². The first-order valence-corrected chi connectivity index (χ1v) is 6.57. The van der Waals surface area contributed by atoms with Gasteiger partial charge in [-0.2, -0.15) is 0 Å². The first kappa shape index (κ1) is 11.7. The molecule has 0 amide bonds. The molecule has 2 unspecified atom stereocenters. The van der Waals surface area contributed by atoms with Crippen LogP contribution >= 0.6 is 0 Å². The Kier molecular flexibility index (Phi) is 3.65. The van der Waals surface area contributed by atoms with Crippen LogP contribution in [-0.2, 0) is 0 Å². The fourth-order valence-corrected chi connectivity index (χ4v) is 2.34. The minimum Gasteiger partial charge on any atom is -0.324 e. The topological polar surface area (TPSA) is 26.0 Å². The second-order valence-electron chi connectivity index (χ2n) is 5.21. The van der Waals surface area contributed by atoms with Gasteiger partial charge >= 0.3 is 0 Å². The summed E-state index contributed by atoms with van der Waals surface area (Å²) in [5, 5.41) is 0. The SMILES string of the molecule is CCC(C)C(N)c1cccc(C2CCC2)c1. The van der Waals surface area contributed by atoms with Gasteiger partial charge in [-0.3, -0.25) is 0 Å². The zero-order chi connectivity index (χ0) is 11.5. The highest BCUT2D eigenvalue weighted by Gasteiger charge is 2.20. The zero-order valence-electron chi connectivity index (χ0n) is 10.4. The normalized spacial score (nSPS) is 20.2. The van der Waals surface area contributed by atoms with Crippen molar-refractivity contribution in [2.75, 3.05) is 0 Å². The van der Waals surface area contributed by atoms with Gasteiger partial charge in [-0.25, -0.2) is 0 Å². The number of hydrogen-bond acceptors (Lipinski definition) is 1. The van der Waals surface area contributed by atoms with Crippen molar-refractivity contribution in [3.8, 4) is 0 Å². The summed E-state index contributed by atoms with van der Waals surface area (Å²) in [6.45, 7) is 4.45. The third kappa shape index (κ3) is 2.30. The molecule has 2 N–H and O–H groups in total. The van der Waals surface area contributed by atoms with Gasteiger partial charge in [0.1, 0.15) is 0 Å². The highest BCUT2D eigenvalue weighted by atomic mass is 14.6. The monoisotopic (exact) mass is 217 g/mol. The van der Waals surface area contributed by atoms with Crippen LogP contribution in [0.3, 0.4) is 0 Å². The Morgan fingerprint density at radius 2 is 2.12 bits per heavy atom. The molecule has 0 heterocycles. The molecule has 1 nitrogen and oxygen atoms in total. The van der Waals surface area contributed by atoms with Crippen LogP contribution in [0.5, 0.6) is 0 Å². The molecular formula is C15H23N. The van der Waals surface area contributed by atoms with E-state index in [1.807, 2.05) is 0 Å². The van der Waals surface area contributed by atoms with Crippen molar-refractivity contribution in [1.29, 1.82) is 0 Å². The Labute approximate surface area is 99.0 Å². The molecule has 0 aromatic heterocycles. The molecule has 1 aromatic rings. The molecule has 2 rings (SSSR count). The lowest BCUT2D eigenvalue weighted by atomic mass is 9.79. The van der Waals surface area contributed by atoms with E-state index in [1.165, 1.54) is 30.4 Å². The third-order valence-corrected chi connectivity index (χ3v) is 4.13. The highest BCUT2D eigenvalue weighted by Crippen LogP contribution is 2.37. The summed E-state index contributed by atoms with van der Waals surface area (Å²) in [6.07, 6.45) is 5.27. The molecule has 16 heavy (non-hydrogen) atoms. The lowest BCUT2D eigenvalue weighted by Crippen LogP contribution is -2.19. The summed E-state index contributed by atoms with van der Waals surface area (Å²) in [7, 11) is 0. The van der Waals surface area contributed by atoms with Crippen molar-refractivity contribution in [2.45, 2.75) is 51.5 Å². The molecule has 1 fully saturated rings. The third-order valence-electron chi connectivity index (χ3n) is 4.13. The van der Waals surface area contributed by atoms with E-state index in [1.54, 1.807) is 0 Å². The van der Waals surface area contributed by atoms with Crippen molar-refractivity contribution in [3.63, 3.8) is 0 Å². The number of benzene rings is 1. The maximum Gasteiger partial charge on any atom is 0.0320 e. The van der Waals surface area contributed by atoms with Crippen LogP contribution in [0.15, 0.2) is 24.3 Å². The second-order valence-corrected chi connectivity index (χ2v) is 5.21. The fourth-order valence-electron chi connectivity index (χ4n) is 2.34. The predicted octanol–water partition coefficient (Wildman–Crippen LogP) is 4.00. The standard InChI is InChI=1S/C15H23N/c1-3-11(2)15(16)14-9-5-8-13(10-14)12-6-4-7-12/h5,8-12,15H,3-4,6-7,16H2,1-2H3. The predicted molar refractivity (Wildman–Crippen MR) is 69.4 cm³/mol. The Morgan fingerprint density at radius 1 is 1.38 bits per heavy atom. The largest absolute Gasteiger partial charge is 0.324 e. The first-order chi connectivity index (χ1) is 7.72. The Bertz CT molecular complexity index is 341. The van der Waals surface area contributed by atoms with Gasteiger partial charge < -0.3 is 5.73 Å². The molecule has 1 aromatic carbocycles. The number of nitrogens with two attached hydrogens (primary N) is 1. The van der Waals surface area contributed by atoms with E-state index in [0.717, 1.165) is 12.3 Å². The van der Waals surface area contributed by atoms with Gasteiger partial charge in [-0.15, -0.1) is 0 Å². The molecule has 1 saturated carbocycles. The van der Waals surface area contributed by atoms with Crippen LogP contribution in [0.25, 0.3) is 0 Å². The molecule has 0 aliphatic heterocycles. The van der Waals surface area contributed by atoms with E-state index in [-0.39, 0.29) is 6.04 Å². The van der Waals surface area contributed by atoms with Gasteiger partial charge in [0, 0.05) is 6.04 Å². The van der Waals surface area contributed by atoms with E-state index < -0.39 is 0 Å². The highest BCUT2D eigenvalue weighted by molar-refractivity contribution is 5.29. The fraction of sp³-hybridized carbons (Fsp3) is 0.600. The van der Waals surface area contributed by atoms with Crippen LogP contribution in [-0.4, -0.2) is 0 Å². The summed E-state index contributed by atoms with van der Waals surface area (Å²) in [4.78, 5) is 0. The minimum absolute atomic E-state index is 0.199. The lowest BCUT2D eigenvalue weighted by Gasteiger charge is -2.27. The summed E-state index contributed by atoms with van der Waals surface area (Å²) in [6, 6.07) is 9.15. The van der Waals surface area contributed by atoms with Gasteiger partial charge in [0.2, 0.25) is 0 Å². The molecule has 0 bridgehead atoms. The van der Waals surface area contributed by atoms with Crippen molar-refractivity contribution >= 4 is 0 Å². The summed E-state index contributed by atoms with van der Waals surface area (Å²) in [5.41, 5.74) is 9.10. The summed E-state index contributed by atoms with van der Waals surface area (Å²) in [5.74, 6) is 1.38. The zero-order valence-corrected chi connectivity index (χ0v) is 10.4. The molecule has 2 atom stereocenters. The quantitative estimate of drug-likeness (QED) is 0.810. The molecular weight excluding hydrogens is 194 g/mol. The lowest BCUT2D eigenvalue weighted by molar-refractivity contribution is 0.417. The molecule has 1 aliphatic carbocycles. The van der Waals surface area contributed by atoms with Crippen molar-refractivity contribution in [2.24, 2.45) is 11.7 Å². The van der Waals surface area contributed by atoms with E-state index in [2.05, 4.69) is 38.1 Å².